The number of carbonyl (C=O) groups is 1. The minimum atomic E-state index is 0.0637. The third-order valence-corrected chi connectivity index (χ3v) is 3.75. The summed E-state index contributed by atoms with van der Waals surface area (Å²) in [4.78, 5) is 11.4. The Hall–Kier alpha value is -0.330. The molecular weight excluding hydrogens is 136 g/mol. The van der Waals surface area contributed by atoms with E-state index in [0.29, 0.717) is 17.1 Å². The molecule has 0 aliphatic heterocycles. The smallest absolute Gasteiger partial charge is 0.139 e. The number of hydrogen-bond donors (Lipinski definition) is 0. The lowest BCUT2D eigenvalue weighted by molar-refractivity contribution is -0.128. The van der Waals surface area contributed by atoms with E-state index >= 15 is 0 Å². The predicted molar refractivity (Wildman–Crippen MR) is 44.2 cm³/mol. The van der Waals surface area contributed by atoms with Gasteiger partial charge in [0.2, 0.25) is 0 Å². The first-order valence-electron chi connectivity index (χ1n) is 4.47. The SMILES string of the molecule is CC12CC(CC1=O)C(C)(C)C2. The predicted octanol–water partition coefficient (Wildman–Crippen LogP) is 2.40. The van der Waals surface area contributed by atoms with Crippen LogP contribution in [0.5, 0.6) is 0 Å². The number of carbonyl (C=O) groups excluding carboxylic acids is 1. The van der Waals surface area contributed by atoms with Crippen LogP contribution < -0.4 is 0 Å². The van der Waals surface area contributed by atoms with E-state index in [-0.39, 0.29) is 5.41 Å². The number of fused-ring (bicyclic) bond motifs is 2. The number of Topliss-reactive ketones (excluding diaryl/α,β-unsaturated/α-hetero) is 1. The van der Waals surface area contributed by atoms with E-state index in [2.05, 4.69) is 20.8 Å². The Kier molecular flexibility index (Phi) is 1.13. The van der Waals surface area contributed by atoms with Crippen molar-refractivity contribution < 1.29 is 4.79 Å². The minimum Gasteiger partial charge on any atom is -0.299 e. The maximum absolute atomic E-state index is 11.4. The van der Waals surface area contributed by atoms with Gasteiger partial charge in [0.1, 0.15) is 5.78 Å². The van der Waals surface area contributed by atoms with Crippen LogP contribution in [0, 0.1) is 16.7 Å². The van der Waals surface area contributed by atoms with Gasteiger partial charge in [-0.15, -0.1) is 0 Å². The Morgan fingerprint density at radius 2 is 2.00 bits per heavy atom. The molecule has 0 saturated heterocycles. The highest BCUT2D eigenvalue weighted by Gasteiger charge is 2.56. The largest absolute Gasteiger partial charge is 0.299 e. The van der Waals surface area contributed by atoms with Gasteiger partial charge in [-0.1, -0.05) is 20.8 Å². The molecule has 2 aliphatic rings. The van der Waals surface area contributed by atoms with Crippen LogP contribution in [-0.2, 0) is 4.79 Å². The monoisotopic (exact) mass is 152 g/mol. The molecule has 62 valence electrons. The van der Waals surface area contributed by atoms with Crippen molar-refractivity contribution in [2.24, 2.45) is 16.7 Å². The molecule has 2 saturated carbocycles. The van der Waals surface area contributed by atoms with Gasteiger partial charge in [-0.3, -0.25) is 4.79 Å². The molecule has 0 aromatic carbocycles. The summed E-state index contributed by atoms with van der Waals surface area (Å²) in [5.74, 6) is 1.20. The molecule has 2 unspecified atom stereocenters. The second kappa shape index (κ2) is 1.70. The minimum absolute atomic E-state index is 0.0637. The summed E-state index contributed by atoms with van der Waals surface area (Å²) in [6.07, 6.45) is 3.12. The van der Waals surface area contributed by atoms with Gasteiger partial charge in [-0.2, -0.15) is 0 Å². The lowest BCUT2D eigenvalue weighted by Gasteiger charge is -2.31. The van der Waals surface area contributed by atoms with Crippen LogP contribution in [0.15, 0.2) is 0 Å². The average Bonchev–Trinajstić information content (AvgIpc) is 2.16. The van der Waals surface area contributed by atoms with Gasteiger partial charge in [0.15, 0.2) is 0 Å². The van der Waals surface area contributed by atoms with E-state index in [0.717, 1.165) is 19.3 Å². The zero-order valence-corrected chi connectivity index (χ0v) is 7.61. The zero-order chi connectivity index (χ0) is 8.28. The average molecular weight is 152 g/mol. The maximum Gasteiger partial charge on any atom is 0.139 e. The summed E-state index contributed by atoms with van der Waals surface area (Å²) in [5, 5.41) is 0. The molecule has 0 radical (unpaired) electrons. The topological polar surface area (TPSA) is 17.1 Å². The molecule has 0 aromatic heterocycles. The first-order valence-corrected chi connectivity index (χ1v) is 4.47. The van der Waals surface area contributed by atoms with Crippen LogP contribution in [0.2, 0.25) is 0 Å². The molecule has 1 nitrogen and oxygen atoms in total. The third kappa shape index (κ3) is 0.800. The summed E-state index contributed by atoms with van der Waals surface area (Å²) in [6.45, 7) is 6.74. The molecule has 0 amide bonds. The molecule has 0 aromatic rings. The number of hydrogen-bond acceptors (Lipinski definition) is 1. The van der Waals surface area contributed by atoms with E-state index in [9.17, 15) is 4.79 Å². The van der Waals surface area contributed by atoms with Crippen molar-refractivity contribution in [3.63, 3.8) is 0 Å². The van der Waals surface area contributed by atoms with Crippen LogP contribution >= 0.6 is 0 Å². The summed E-state index contributed by atoms with van der Waals surface area (Å²) >= 11 is 0. The summed E-state index contributed by atoms with van der Waals surface area (Å²) < 4.78 is 0. The number of rotatable bonds is 0. The van der Waals surface area contributed by atoms with Crippen molar-refractivity contribution in [2.45, 2.75) is 40.0 Å². The lowest BCUT2D eigenvalue weighted by Crippen LogP contribution is -2.29. The molecule has 0 spiro atoms. The lowest BCUT2D eigenvalue weighted by atomic mass is 9.72. The van der Waals surface area contributed by atoms with Crippen molar-refractivity contribution in [3.05, 3.63) is 0 Å². The molecular formula is C10H16O. The van der Waals surface area contributed by atoms with Gasteiger partial charge in [0.05, 0.1) is 0 Å². The molecule has 2 rings (SSSR count). The van der Waals surface area contributed by atoms with Crippen LogP contribution in [0.3, 0.4) is 0 Å². The van der Waals surface area contributed by atoms with Gasteiger partial charge in [-0.25, -0.2) is 0 Å². The highest BCUT2D eigenvalue weighted by molar-refractivity contribution is 5.88. The Morgan fingerprint density at radius 3 is 2.27 bits per heavy atom. The highest BCUT2D eigenvalue weighted by Crippen LogP contribution is 2.60. The second-order valence-electron chi connectivity index (χ2n) is 5.25. The number of ketones is 1. The van der Waals surface area contributed by atoms with Crippen LogP contribution in [0.25, 0.3) is 0 Å². The fourth-order valence-corrected chi connectivity index (χ4v) is 3.07. The molecule has 11 heavy (non-hydrogen) atoms. The van der Waals surface area contributed by atoms with Crippen molar-refractivity contribution >= 4 is 5.78 Å². The molecule has 2 fully saturated rings. The summed E-state index contributed by atoms with van der Waals surface area (Å²) in [6, 6.07) is 0. The third-order valence-electron chi connectivity index (χ3n) is 3.75. The standard InChI is InChI=1S/C10H16O/c1-9(2)6-10(3)5-7(9)4-8(10)11/h7H,4-6H2,1-3H3. The first-order chi connectivity index (χ1) is 4.94. The van der Waals surface area contributed by atoms with Gasteiger partial charge >= 0.3 is 0 Å². The van der Waals surface area contributed by atoms with Gasteiger partial charge in [0.25, 0.3) is 0 Å². The van der Waals surface area contributed by atoms with Gasteiger partial charge in [0, 0.05) is 11.8 Å². The summed E-state index contributed by atoms with van der Waals surface area (Å²) in [5.41, 5.74) is 0.497. The zero-order valence-electron chi connectivity index (χ0n) is 7.61. The van der Waals surface area contributed by atoms with Crippen LogP contribution in [-0.4, -0.2) is 5.78 Å². The van der Waals surface area contributed by atoms with E-state index in [1.165, 1.54) is 0 Å². The molecule has 1 heteroatoms. The quantitative estimate of drug-likeness (QED) is 0.521. The maximum atomic E-state index is 11.4. The van der Waals surface area contributed by atoms with Gasteiger partial charge in [-0.05, 0) is 24.2 Å². The van der Waals surface area contributed by atoms with E-state index in [1.54, 1.807) is 0 Å². The van der Waals surface area contributed by atoms with Crippen molar-refractivity contribution in [1.29, 1.82) is 0 Å². The molecule has 0 heterocycles. The summed E-state index contributed by atoms with van der Waals surface area (Å²) in [7, 11) is 0. The van der Waals surface area contributed by atoms with Gasteiger partial charge < -0.3 is 0 Å². The van der Waals surface area contributed by atoms with Crippen LogP contribution in [0.4, 0.5) is 0 Å². The van der Waals surface area contributed by atoms with Crippen molar-refractivity contribution in [3.8, 4) is 0 Å². The molecule has 2 bridgehead atoms. The Balaban J connectivity index is 2.34. The highest BCUT2D eigenvalue weighted by atomic mass is 16.1. The second-order valence-corrected chi connectivity index (χ2v) is 5.25. The Labute approximate surface area is 68.2 Å². The fraction of sp³-hybridized carbons (Fsp3) is 0.900. The molecule has 2 aliphatic carbocycles. The Bertz CT molecular complexity index is 217. The van der Waals surface area contributed by atoms with Crippen molar-refractivity contribution in [2.75, 3.05) is 0 Å². The fourth-order valence-electron chi connectivity index (χ4n) is 3.07. The Morgan fingerprint density at radius 1 is 1.36 bits per heavy atom. The molecule has 0 N–H and O–H groups in total. The van der Waals surface area contributed by atoms with E-state index < -0.39 is 0 Å². The molecule has 2 atom stereocenters. The normalized spacial score (nSPS) is 46.8. The van der Waals surface area contributed by atoms with E-state index in [4.69, 9.17) is 0 Å². The van der Waals surface area contributed by atoms with Crippen LogP contribution in [0.1, 0.15) is 40.0 Å². The van der Waals surface area contributed by atoms with Crippen molar-refractivity contribution in [1.82, 2.24) is 0 Å². The first kappa shape index (κ1) is 7.33. The van der Waals surface area contributed by atoms with E-state index in [1.807, 2.05) is 0 Å².